The number of fused-ring (bicyclic) bond motifs is 1. The molecule has 4 aromatic rings. The van der Waals surface area contributed by atoms with Crippen molar-refractivity contribution in [2.24, 2.45) is 0 Å². The predicted molar refractivity (Wildman–Crippen MR) is 150 cm³/mol. The van der Waals surface area contributed by atoms with E-state index in [2.05, 4.69) is 15.9 Å². The van der Waals surface area contributed by atoms with Crippen molar-refractivity contribution >= 4 is 21.8 Å². The van der Waals surface area contributed by atoms with Gasteiger partial charge in [0.2, 0.25) is 11.2 Å². The molecule has 2 heterocycles. The highest BCUT2D eigenvalue weighted by atomic mass is 79.9. The number of halogens is 3. The Bertz CT molecular complexity index is 1580. The van der Waals surface area contributed by atoms with E-state index in [1.807, 2.05) is 36.4 Å². The average molecular weight is 610 g/mol. The first kappa shape index (κ1) is 27.4. The highest BCUT2D eigenvalue weighted by Gasteiger charge is 2.42. The van der Waals surface area contributed by atoms with Crippen LogP contribution < -0.4 is 15.2 Å². The molecule has 1 aliphatic heterocycles. The summed E-state index contributed by atoms with van der Waals surface area (Å²) < 4.78 is 36.3. The lowest BCUT2D eigenvalue weighted by Crippen LogP contribution is -2.61. The molecule has 0 fully saturated rings. The smallest absolute Gasteiger partial charge is 0.277 e. The van der Waals surface area contributed by atoms with E-state index in [0.717, 1.165) is 11.6 Å². The zero-order chi connectivity index (χ0) is 28.4. The van der Waals surface area contributed by atoms with Gasteiger partial charge in [-0.3, -0.25) is 19.3 Å². The van der Waals surface area contributed by atoms with Crippen LogP contribution in [0, 0.1) is 11.6 Å². The number of aromatic hydroxyl groups is 1. The molecule has 1 amide bonds. The van der Waals surface area contributed by atoms with Crippen molar-refractivity contribution in [3.05, 3.63) is 129 Å². The highest BCUT2D eigenvalue weighted by Crippen LogP contribution is 2.40. The van der Waals surface area contributed by atoms with Gasteiger partial charge < -0.3 is 14.7 Å². The van der Waals surface area contributed by atoms with Crippen molar-refractivity contribution in [1.29, 1.82) is 0 Å². The molecule has 1 aliphatic rings. The molecule has 0 radical (unpaired) electrons. The van der Waals surface area contributed by atoms with Gasteiger partial charge in [-0.25, -0.2) is 4.39 Å². The van der Waals surface area contributed by atoms with E-state index in [-0.39, 0.29) is 23.6 Å². The molecule has 3 aromatic carbocycles. The third-order valence-electron chi connectivity index (χ3n) is 6.93. The van der Waals surface area contributed by atoms with Gasteiger partial charge in [0.15, 0.2) is 23.0 Å². The third-order valence-corrected chi connectivity index (χ3v) is 7.39. The van der Waals surface area contributed by atoms with Crippen molar-refractivity contribution < 1.29 is 23.4 Å². The molecule has 0 saturated carbocycles. The number of hydrogen-bond donors (Lipinski definition) is 1. The summed E-state index contributed by atoms with van der Waals surface area (Å²) in [5, 5.41) is 13.1. The van der Waals surface area contributed by atoms with Gasteiger partial charge in [-0.05, 0) is 29.7 Å². The van der Waals surface area contributed by atoms with Gasteiger partial charge in [0.25, 0.3) is 5.91 Å². The number of alkyl halides is 1. The Morgan fingerprint density at radius 3 is 2.33 bits per heavy atom. The number of carbonyl (C=O) groups is 1. The minimum absolute atomic E-state index is 0.0141. The molecule has 2 atom stereocenters. The fraction of sp³-hybridized carbons (Fsp3) is 0.200. The van der Waals surface area contributed by atoms with Crippen LogP contribution in [0.1, 0.15) is 39.6 Å². The van der Waals surface area contributed by atoms with Crippen molar-refractivity contribution in [2.45, 2.75) is 25.2 Å². The van der Waals surface area contributed by atoms with Gasteiger partial charge in [0, 0.05) is 30.2 Å². The Kier molecular flexibility index (Phi) is 7.88. The van der Waals surface area contributed by atoms with Crippen LogP contribution in [0.2, 0.25) is 0 Å². The minimum Gasteiger partial charge on any atom is -0.504 e. The van der Waals surface area contributed by atoms with Crippen LogP contribution in [0.4, 0.5) is 8.78 Å². The Morgan fingerprint density at radius 1 is 0.975 bits per heavy atom. The SMILES string of the molecule is CN1C(=O)c2c(OCc3ccccc3)c(=O)ccn2N(C(c2ccccc2)c2ccc(F)c(F)c2O)[C@H]1CCBr. The van der Waals surface area contributed by atoms with E-state index in [1.165, 1.54) is 27.9 Å². The summed E-state index contributed by atoms with van der Waals surface area (Å²) in [6.45, 7) is 0.0565. The zero-order valence-corrected chi connectivity index (χ0v) is 23.1. The van der Waals surface area contributed by atoms with Crippen LogP contribution in [-0.4, -0.2) is 39.1 Å². The summed E-state index contributed by atoms with van der Waals surface area (Å²) in [5.41, 5.74) is 1.05. The lowest BCUT2D eigenvalue weighted by molar-refractivity contribution is 0.0610. The summed E-state index contributed by atoms with van der Waals surface area (Å²) in [6, 6.07) is 20.9. The molecular weight excluding hydrogens is 584 g/mol. The monoisotopic (exact) mass is 609 g/mol. The van der Waals surface area contributed by atoms with Crippen LogP contribution in [-0.2, 0) is 6.61 Å². The second-order valence-corrected chi connectivity index (χ2v) is 10.1. The number of rotatable bonds is 8. The standard InChI is InChI=1S/C30H26BrF2N3O4/c1-34-24(14-16-31)36(26(20-10-6-3-7-11-20)21-12-13-22(32)25(33)28(21)38)35-17-15-23(37)29(27(35)30(34)39)40-18-19-8-4-2-5-9-19/h2-13,15,17,24,26,38H,14,16,18H2,1H3/t24-,26?/m0/s1. The number of phenols is 1. The molecule has 10 heteroatoms. The molecule has 1 aromatic heterocycles. The molecule has 206 valence electrons. The molecule has 1 N–H and O–H groups in total. The fourth-order valence-corrected chi connectivity index (χ4v) is 5.40. The quantitative estimate of drug-likeness (QED) is 0.273. The normalized spacial score (nSPS) is 15.6. The number of hydrogen-bond acceptors (Lipinski definition) is 5. The molecule has 7 nitrogen and oxygen atoms in total. The second-order valence-electron chi connectivity index (χ2n) is 9.34. The third kappa shape index (κ3) is 4.95. The van der Waals surface area contributed by atoms with Gasteiger partial charge in [-0.15, -0.1) is 0 Å². The Morgan fingerprint density at radius 2 is 1.65 bits per heavy atom. The summed E-state index contributed by atoms with van der Waals surface area (Å²) >= 11 is 3.47. The van der Waals surface area contributed by atoms with Crippen molar-refractivity contribution in [2.75, 3.05) is 17.4 Å². The Labute approximate surface area is 238 Å². The number of carbonyl (C=O) groups excluding carboxylic acids is 1. The first-order valence-electron chi connectivity index (χ1n) is 12.6. The molecule has 1 unspecified atom stereocenters. The van der Waals surface area contributed by atoms with Crippen LogP contribution in [0.3, 0.4) is 0 Å². The van der Waals surface area contributed by atoms with E-state index >= 15 is 0 Å². The van der Waals surface area contributed by atoms with Crippen LogP contribution in [0.5, 0.6) is 11.5 Å². The first-order chi connectivity index (χ1) is 19.3. The topological polar surface area (TPSA) is 75.0 Å². The van der Waals surface area contributed by atoms with E-state index in [0.29, 0.717) is 17.3 Å². The molecule has 5 rings (SSSR count). The number of ether oxygens (including phenoxy) is 1. The van der Waals surface area contributed by atoms with E-state index < -0.39 is 40.9 Å². The van der Waals surface area contributed by atoms with E-state index in [4.69, 9.17) is 4.74 Å². The maximum absolute atomic E-state index is 14.7. The summed E-state index contributed by atoms with van der Waals surface area (Å²) in [5.74, 6) is -3.97. The molecule has 0 spiro atoms. The number of nitrogens with zero attached hydrogens (tertiary/aromatic N) is 3. The summed E-state index contributed by atoms with van der Waals surface area (Å²) in [7, 11) is 1.61. The zero-order valence-electron chi connectivity index (χ0n) is 21.5. The maximum Gasteiger partial charge on any atom is 0.277 e. The summed E-state index contributed by atoms with van der Waals surface area (Å²) in [6.07, 6.45) is 1.29. The van der Waals surface area contributed by atoms with Gasteiger partial charge in [-0.1, -0.05) is 76.6 Å². The van der Waals surface area contributed by atoms with Gasteiger partial charge in [0.1, 0.15) is 18.8 Å². The van der Waals surface area contributed by atoms with Gasteiger partial charge in [0.05, 0.1) is 0 Å². The van der Waals surface area contributed by atoms with Crippen molar-refractivity contribution in [1.82, 2.24) is 9.58 Å². The fourth-order valence-electron chi connectivity index (χ4n) is 5.00. The van der Waals surface area contributed by atoms with Gasteiger partial charge in [-0.2, -0.15) is 4.39 Å². The van der Waals surface area contributed by atoms with Crippen molar-refractivity contribution in [3.63, 3.8) is 0 Å². The van der Waals surface area contributed by atoms with Crippen LogP contribution in [0.25, 0.3) is 0 Å². The average Bonchev–Trinajstić information content (AvgIpc) is 2.97. The number of amides is 1. The lowest BCUT2D eigenvalue weighted by Gasteiger charge is -2.49. The second kappa shape index (κ2) is 11.5. The number of pyridine rings is 1. The Hall–Kier alpha value is -4.18. The largest absolute Gasteiger partial charge is 0.504 e. The van der Waals surface area contributed by atoms with E-state index in [1.54, 1.807) is 36.3 Å². The number of benzene rings is 3. The first-order valence-corrected chi connectivity index (χ1v) is 13.7. The molecule has 40 heavy (non-hydrogen) atoms. The van der Waals surface area contributed by atoms with Crippen LogP contribution in [0.15, 0.2) is 89.9 Å². The molecular formula is C30H26BrF2N3O4. The molecule has 0 saturated heterocycles. The number of aromatic nitrogens is 1. The van der Waals surface area contributed by atoms with Crippen LogP contribution >= 0.6 is 15.9 Å². The van der Waals surface area contributed by atoms with Crippen molar-refractivity contribution in [3.8, 4) is 11.5 Å². The predicted octanol–water partition coefficient (Wildman–Crippen LogP) is 5.34. The summed E-state index contributed by atoms with van der Waals surface area (Å²) in [4.78, 5) is 28.3. The highest BCUT2D eigenvalue weighted by molar-refractivity contribution is 9.09. The van der Waals surface area contributed by atoms with Gasteiger partial charge >= 0.3 is 0 Å². The maximum atomic E-state index is 14.7. The lowest BCUT2D eigenvalue weighted by atomic mass is 9.95. The molecule has 0 aliphatic carbocycles. The molecule has 0 bridgehead atoms. The minimum atomic E-state index is -1.37. The Balaban J connectivity index is 1.74. The van der Waals surface area contributed by atoms with E-state index in [9.17, 15) is 23.5 Å². The number of phenolic OH excluding ortho intramolecular Hbond substituents is 1.